The van der Waals surface area contributed by atoms with Crippen LogP contribution in [0.1, 0.15) is 20.7 Å². The minimum Gasteiger partial charge on any atom is -0.350 e. The highest BCUT2D eigenvalue weighted by Gasteiger charge is 2.24. The molecule has 18 heteroatoms. The number of amides is 2. The van der Waals surface area contributed by atoms with Crippen LogP contribution in [0.15, 0.2) is 70.1 Å². The van der Waals surface area contributed by atoms with Gasteiger partial charge in [-0.2, -0.15) is 0 Å². The maximum Gasteiger partial charge on any atom is 0.277 e. The molecule has 4 N–H and O–H groups in total. The zero-order valence-corrected chi connectivity index (χ0v) is 29.0. The van der Waals surface area contributed by atoms with Gasteiger partial charge in [0.2, 0.25) is 0 Å². The van der Waals surface area contributed by atoms with Crippen molar-refractivity contribution in [1.82, 2.24) is 30.1 Å². The highest BCUT2D eigenvalue weighted by atomic mass is 79.9. The normalized spacial score (nSPS) is 11.3. The smallest absolute Gasteiger partial charge is 0.277 e. The number of hydroxylamine groups is 2. The summed E-state index contributed by atoms with van der Waals surface area (Å²) in [4.78, 5) is 44.8. The summed E-state index contributed by atoms with van der Waals surface area (Å²) in [5.41, 5.74) is 3.53. The molecule has 2 heterocycles. The first-order chi connectivity index (χ1) is 23.9. The molecule has 12 nitrogen and oxygen atoms in total. The van der Waals surface area contributed by atoms with Gasteiger partial charge in [-0.1, -0.05) is 31.9 Å². The van der Waals surface area contributed by atoms with Crippen LogP contribution in [0.3, 0.4) is 0 Å². The van der Waals surface area contributed by atoms with E-state index in [0.29, 0.717) is 8.95 Å². The predicted octanol–water partition coefficient (Wildman–Crippen LogP) is 7.05. The van der Waals surface area contributed by atoms with Crippen molar-refractivity contribution in [1.29, 1.82) is 0 Å². The van der Waals surface area contributed by atoms with E-state index >= 15 is 8.78 Å². The molecule has 2 aromatic heterocycles. The Bertz CT molecular complexity index is 2140. The van der Waals surface area contributed by atoms with E-state index in [2.05, 4.69) is 63.4 Å². The summed E-state index contributed by atoms with van der Waals surface area (Å²) in [6.45, 7) is -0.617. The van der Waals surface area contributed by atoms with Gasteiger partial charge in [0, 0.05) is 23.0 Å². The van der Waals surface area contributed by atoms with Gasteiger partial charge in [-0.15, -0.1) is 0 Å². The number of carbonyl (C=O) groups is 2. The molecule has 0 spiro atoms. The van der Waals surface area contributed by atoms with Crippen molar-refractivity contribution in [3.8, 4) is 0 Å². The zero-order chi connectivity index (χ0) is 35.7. The van der Waals surface area contributed by atoms with Crippen molar-refractivity contribution in [2.45, 2.75) is 0 Å². The predicted molar refractivity (Wildman–Crippen MR) is 183 cm³/mol. The van der Waals surface area contributed by atoms with Crippen molar-refractivity contribution in [2.75, 3.05) is 23.8 Å². The van der Waals surface area contributed by atoms with Crippen LogP contribution in [0.2, 0.25) is 0 Å². The third-order valence-corrected chi connectivity index (χ3v) is 8.40. The second kappa shape index (κ2) is 14.4. The summed E-state index contributed by atoms with van der Waals surface area (Å²) in [7, 11) is 3.22. The van der Waals surface area contributed by atoms with Gasteiger partial charge >= 0.3 is 0 Å². The first-order valence-electron chi connectivity index (χ1n) is 14.5. The van der Waals surface area contributed by atoms with E-state index in [1.807, 2.05) is 0 Å². The van der Waals surface area contributed by atoms with Crippen molar-refractivity contribution < 1.29 is 36.8 Å². The maximum atomic E-state index is 15.6. The standard InChI is InChI=1S/C32H24Br2F4N8O4/c1-45-13-39-29-23(45)11-17(27(25(29)37)41-21-5-3-15(33)9-19(21)35)31(47)43-49-7-8-50-44-32(48)18-12-24-30(40-14-46(24)2)26(38)28(18)42-22-6-4-16(34)10-20(22)36/h3-6,9-14,41-42H,7-8H2,1-2H3,(H,43,47)(H,44,48). The molecule has 0 unspecified atom stereocenters. The molecule has 6 rings (SSSR count). The van der Waals surface area contributed by atoms with Crippen molar-refractivity contribution in [2.24, 2.45) is 14.1 Å². The number of rotatable bonds is 11. The van der Waals surface area contributed by atoms with Gasteiger partial charge in [-0.3, -0.25) is 19.3 Å². The highest BCUT2D eigenvalue weighted by molar-refractivity contribution is 9.10. The fourth-order valence-electron chi connectivity index (χ4n) is 4.93. The topological polar surface area (TPSA) is 136 Å². The van der Waals surface area contributed by atoms with E-state index in [1.165, 1.54) is 70.3 Å². The van der Waals surface area contributed by atoms with Crippen molar-refractivity contribution in [3.63, 3.8) is 0 Å². The maximum absolute atomic E-state index is 15.6. The first kappa shape index (κ1) is 34.8. The molecule has 0 aliphatic heterocycles. The van der Waals surface area contributed by atoms with E-state index in [4.69, 9.17) is 9.68 Å². The summed E-state index contributed by atoms with van der Waals surface area (Å²) in [5, 5.41) is 5.26. The van der Waals surface area contributed by atoms with Crippen LogP contribution in [-0.4, -0.2) is 44.1 Å². The van der Waals surface area contributed by atoms with Gasteiger partial charge in [-0.25, -0.2) is 38.5 Å². The lowest BCUT2D eigenvalue weighted by atomic mass is 10.1. The number of nitrogens with zero attached hydrogens (tertiary/aromatic N) is 4. The molecule has 6 aromatic rings. The van der Waals surface area contributed by atoms with E-state index in [1.54, 1.807) is 14.1 Å². The largest absolute Gasteiger partial charge is 0.350 e. The number of hydrogen-bond donors (Lipinski definition) is 4. The van der Waals surface area contributed by atoms with Gasteiger partial charge < -0.3 is 19.8 Å². The van der Waals surface area contributed by atoms with Gasteiger partial charge in [0.1, 0.15) is 35.9 Å². The average molecular weight is 820 g/mol. The van der Waals surface area contributed by atoms with Gasteiger partial charge in [-0.05, 0) is 48.5 Å². The Morgan fingerprint density at radius 1 is 0.680 bits per heavy atom. The quantitative estimate of drug-likeness (QED) is 0.0621. The minimum absolute atomic E-state index is 0.0446. The SMILES string of the molecule is Cn1cnc2c(F)c(Nc3ccc(Br)cc3F)c(C(=O)NOCCONC(=O)c3cc4c(ncn4C)c(F)c3Nc3ccc(Br)cc3F)cc21. The zero-order valence-electron chi connectivity index (χ0n) is 25.9. The molecule has 0 aliphatic carbocycles. The molecule has 4 aromatic carbocycles. The Morgan fingerprint density at radius 3 is 1.46 bits per heavy atom. The number of nitrogens with one attached hydrogen (secondary N) is 4. The molecular formula is C32H24Br2F4N8O4. The lowest BCUT2D eigenvalue weighted by Crippen LogP contribution is -2.30. The third-order valence-electron chi connectivity index (χ3n) is 7.41. The van der Waals surface area contributed by atoms with Crippen LogP contribution >= 0.6 is 31.9 Å². The molecule has 0 radical (unpaired) electrons. The number of carbonyl (C=O) groups excluding carboxylic acids is 2. The Hall–Kier alpha value is -5.04. The summed E-state index contributed by atoms with van der Waals surface area (Å²) in [5.74, 6) is -4.95. The molecule has 50 heavy (non-hydrogen) atoms. The Morgan fingerprint density at radius 2 is 1.08 bits per heavy atom. The van der Waals surface area contributed by atoms with Crippen LogP contribution in [0.25, 0.3) is 22.1 Å². The summed E-state index contributed by atoms with van der Waals surface area (Å²) in [6, 6.07) is 10.9. The van der Waals surface area contributed by atoms with E-state index in [-0.39, 0.29) is 69.2 Å². The lowest BCUT2D eigenvalue weighted by molar-refractivity contribution is -0.0246. The van der Waals surface area contributed by atoms with Crippen LogP contribution in [0.5, 0.6) is 0 Å². The van der Waals surface area contributed by atoms with Crippen LogP contribution < -0.4 is 21.6 Å². The Kier molecular flexibility index (Phi) is 10.1. The van der Waals surface area contributed by atoms with Crippen LogP contribution in [0.4, 0.5) is 40.3 Å². The molecule has 0 bridgehead atoms. The third kappa shape index (κ3) is 7.00. The highest BCUT2D eigenvalue weighted by Crippen LogP contribution is 2.34. The number of halogens is 6. The fraction of sp³-hybridized carbons (Fsp3) is 0.125. The number of anilines is 4. The molecule has 2 amide bonds. The Labute approximate surface area is 296 Å². The van der Waals surface area contributed by atoms with Gasteiger partial charge in [0.05, 0.1) is 57.6 Å². The fourth-order valence-corrected chi connectivity index (χ4v) is 5.60. The number of imidazole rings is 2. The number of hydrogen-bond acceptors (Lipinski definition) is 8. The Balaban J connectivity index is 1.12. The summed E-state index contributed by atoms with van der Waals surface area (Å²) < 4.78 is 64.3. The monoisotopic (exact) mass is 818 g/mol. The second-order valence-electron chi connectivity index (χ2n) is 10.7. The van der Waals surface area contributed by atoms with Crippen LogP contribution in [-0.2, 0) is 23.8 Å². The lowest BCUT2D eigenvalue weighted by Gasteiger charge is -2.15. The first-order valence-corrected chi connectivity index (χ1v) is 16.1. The average Bonchev–Trinajstić information content (AvgIpc) is 3.64. The number of aromatic nitrogens is 4. The number of fused-ring (bicyclic) bond motifs is 2. The van der Waals surface area contributed by atoms with E-state index in [0.717, 1.165) is 0 Å². The molecule has 258 valence electrons. The molecule has 0 fully saturated rings. The minimum atomic E-state index is -0.890. The van der Waals surface area contributed by atoms with Crippen molar-refractivity contribution in [3.05, 3.63) is 105 Å². The summed E-state index contributed by atoms with van der Waals surface area (Å²) in [6.07, 6.45) is 2.73. The van der Waals surface area contributed by atoms with E-state index in [9.17, 15) is 18.4 Å². The van der Waals surface area contributed by atoms with E-state index < -0.39 is 35.1 Å². The number of benzene rings is 4. The molecule has 0 aliphatic rings. The van der Waals surface area contributed by atoms with Crippen molar-refractivity contribution >= 4 is 88.5 Å². The van der Waals surface area contributed by atoms with Crippen LogP contribution in [0, 0.1) is 23.3 Å². The molecule has 0 saturated heterocycles. The summed E-state index contributed by atoms with van der Waals surface area (Å²) >= 11 is 6.33. The molecule has 0 atom stereocenters. The molecular weight excluding hydrogens is 796 g/mol. The number of aryl methyl sites for hydroxylation is 2. The molecule has 0 saturated carbocycles. The van der Waals surface area contributed by atoms with Gasteiger partial charge in [0.25, 0.3) is 11.8 Å². The van der Waals surface area contributed by atoms with Gasteiger partial charge in [0.15, 0.2) is 11.6 Å². The second-order valence-corrected chi connectivity index (χ2v) is 12.6.